The van der Waals surface area contributed by atoms with Gasteiger partial charge in [0.1, 0.15) is 6.07 Å². The number of halogens is 1. The van der Waals surface area contributed by atoms with Crippen molar-refractivity contribution in [1.29, 1.82) is 5.26 Å². The first-order valence-corrected chi connectivity index (χ1v) is 5.42. The molecule has 2 aromatic rings. The van der Waals surface area contributed by atoms with Gasteiger partial charge in [-0.2, -0.15) is 5.26 Å². The van der Waals surface area contributed by atoms with E-state index in [1.807, 2.05) is 12.1 Å². The average Bonchev–Trinajstić information content (AvgIpc) is 2.48. The van der Waals surface area contributed by atoms with E-state index in [2.05, 4.69) is 35.0 Å². The van der Waals surface area contributed by atoms with E-state index in [0.717, 1.165) is 20.1 Å². The number of hydrogen-bond acceptors (Lipinski definition) is 2. The molecule has 0 saturated carbocycles. The second kappa shape index (κ2) is 3.13. The van der Waals surface area contributed by atoms with Crippen LogP contribution in [0.3, 0.4) is 0 Å². The number of benzene rings is 1. The molecule has 0 bridgehead atoms. The fraction of sp³-hybridized carbons (Fsp3) is 0.100. The van der Waals surface area contributed by atoms with Crippen molar-refractivity contribution >= 4 is 37.4 Å². The van der Waals surface area contributed by atoms with Crippen LogP contribution in [0.25, 0.3) is 10.1 Å². The topological polar surface area (TPSA) is 23.8 Å². The lowest BCUT2D eigenvalue weighted by atomic mass is 10.2. The third-order valence-corrected chi connectivity index (χ3v) is 3.65. The Morgan fingerprint density at radius 2 is 2.23 bits per heavy atom. The van der Waals surface area contributed by atoms with E-state index in [4.69, 9.17) is 5.26 Å². The lowest BCUT2D eigenvalue weighted by Crippen LogP contribution is -1.74. The van der Waals surface area contributed by atoms with E-state index in [1.165, 1.54) is 4.88 Å². The molecule has 0 aliphatic rings. The maximum atomic E-state index is 8.88. The van der Waals surface area contributed by atoms with Crippen molar-refractivity contribution in [3.05, 3.63) is 33.1 Å². The first-order valence-electron chi connectivity index (χ1n) is 3.81. The van der Waals surface area contributed by atoms with Gasteiger partial charge in [-0.15, -0.1) is 11.3 Å². The Hall–Kier alpha value is -0.850. The van der Waals surface area contributed by atoms with E-state index in [-0.39, 0.29) is 0 Å². The zero-order valence-electron chi connectivity index (χ0n) is 6.97. The minimum absolute atomic E-state index is 0.760. The summed E-state index contributed by atoms with van der Waals surface area (Å²) in [5, 5.41) is 10.0. The SMILES string of the molecule is Cc1cc2c(Br)ccc(C#N)c2s1. The van der Waals surface area contributed by atoms with Crippen molar-refractivity contribution in [2.75, 3.05) is 0 Å². The molecule has 64 valence electrons. The largest absolute Gasteiger partial charge is 0.192 e. The molecule has 0 radical (unpaired) electrons. The molecule has 1 aromatic heterocycles. The molecule has 2 rings (SSSR count). The molecular weight excluding hydrogens is 246 g/mol. The number of nitrogens with zero attached hydrogens (tertiary/aromatic N) is 1. The maximum Gasteiger partial charge on any atom is 0.101 e. The highest BCUT2D eigenvalue weighted by molar-refractivity contribution is 9.10. The summed E-state index contributed by atoms with van der Waals surface area (Å²) in [6.45, 7) is 2.05. The summed E-state index contributed by atoms with van der Waals surface area (Å²) in [6.07, 6.45) is 0. The van der Waals surface area contributed by atoms with Gasteiger partial charge in [0.05, 0.1) is 10.3 Å². The zero-order valence-corrected chi connectivity index (χ0v) is 9.37. The van der Waals surface area contributed by atoms with Crippen LogP contribution in [0, 0.1) is 18.3 Å². The minimum Gasteiger partial charge on any atom is -0.192 e. The van der Waals surface area contributed by atoms with Gasteiger partial charge in [-0.05, 0) is 25.1 Å². The molecular formula is C10H6BrNS. The van der Waals surface area contributed by atoms with Gasteiger partial charge in [0.2, 0.25) is 0 Å². The third-order valence-electron chi connectivity index (χ3n) is 1.87. The Bertz CT molecular complexity index is 507. The van der Waals surface area contributed by atoms with Gasteiger partial charge in [-0.1, -0.05) is 15.9 Å². The first-order chi connectivity index (χ1) is 6.22. The second-order valence-corrected chi connectivity index (χ2v) is 4.92. The van der Waals surface area contributed by atoms with Crippen LogP contribution >= 0.6 is 27.3 Å². The Labute approximate surface area is 88.7 Å². The maximum absolute atomic E-state index is 8.88. The van der Waals surface area contributed by atoms with Crippen LogP contribution in [-0.2, 0) is 0 Å². The van der Waals surface area contributed by atoms with Crippen LogP contribution in [0.2, 0.25) is 0 Å². The van der Waals surface area contributed by atoms with Gasteiger partial charge < -0.3 is 0 Å². The van der Waals surface area contributed by atoms with Crippen molar-refractivity contribution in [3.63, 3.8) is 0 Å². The summed E-state index contributed by atoms with van der Waals surface area (Å²) >= 11 is 5.14. The van der Waals surface area contributed by atoms with E-state index in [9.17, 15) is 0 Å². The molecule has 0 fully saturated rings. The Morgan fingerprint density at radius 1 is 1.46 bits per heavy atom. The summed E-state index contributed by atoms with van der Waals surface area (Å²) in [6, 6.07) is 8.08. The van der Waals surface area contributed by atoms with Crippen LogP contribution in [0.15, 0.2) is 22.7 Å². The molecule has 0 aliphatic heterocycles. The Morgan fingerprint density at radius 3 is 2.92 bits per heavy atom. The van der Waals surface area contributed by atoms with Gasteiger partial charge in [-0.25, -0.2) is 0 Å². The summed E-state index contributed by atoms with van der Waals surface area (Å²) < 4.78 is 2.14. The van der Waals surface area contributed by atoms with Crippen LogP contribution in [0.1, 0.15) is 10.4 Å². The van der Waals surface area contributed by atoms with Gasteiger partial charge in [0.15, 0.2) is 0 Å². The fourth-order valence-electron chi connectivity index (χ4n) is 1.30. The van der Waals surface area contributed by atoms with Crippen molar-refractivity contribution in [2.24, 2.45) is 0 Å². The van der Waals surface area contributed by atoms with Crippen LogP contribution in [0.4, 0.5) is 0 Å². The molecule has 0 spiro atoms. The van der Waals surface area contributed by atoms with E-state index in [1.54, 1.807) is 11.3 Å². The number of hydrogen-bond donors (Lipinski definition) is 0. The lowest BCUT2D eigenvalue weighted by Gasteiger charge is -1.94. The summed E-state index contributed by atoms with van der Waals surface area (Å²) in [5.41, 5.74) is 0.760. The number of fused-ring (bicyclic) bond motifs is 1. The molecule has 1 nitrogen and oxygen atoms in total. The highest BCUT2D eigenvalue weighted by Crippen LogP contribution is 2.33. The first kappa shape index (κ1) is 8.74. The van der Waals surface area contributed by atoms with Crippen LogP contribution in [0.5, 0.6) is 0 Å². The molecule has 13 heavy (non-hydrogen) atoms. The number of aryl methyl sites for hydroxylation is 1. The summed E-state index contributed by atoms with van der Waals surface area (Å²) in [4.78, 5) is 1.23. The predicted molar refractivity (Wildman–Crippen MR) is 59.0 cm³/mol. The normalized spacial score (nSPS) is 10.2. The van der Waals surface area contributed by atoms with Crippen molar-refractivity contribution in [3.8, 4) is 6.07 Å². The van der Waals surface area contributed by atoms with E-state index < -0.39 is 0 Å². The second-order valence-electron chi connectivity index (χ2n) is 2.81. The Balaban J connectivity index is 2.94. The smallest absolute Gasteiger partial charge is 0.101 e. The molecule has 3 heteroatoms. The van der Waals surface area contributed by atoms with Gasteiger partial charge >= 0.3 is 0 Å². The molecule has 0 saturated heterocycles. The highest BCUT2D eigenvalue weighted by atomic mass is 79.9. The van der Waals surface area contributed by atoms with E-state index >= 15 is 0 Å². The highest BCUT2D eigenvalue weighted by Gasteiger charge is 2.06. The van der Waals surface area contributed by atoms with Crippen molar-refractivity contribution < 1.29 is 0 Å². The Kier molecular flexibility index (Phi) is 2.10. The quantitative estimate of drug-likeness (QED) is 0.698. The summed E-state index contributed by atoms with van der Waals surface area (Å²) in [7, 11) is 0. The van der Waals surface area contributed by atoms with Gasteiger partial charge in [0, 0.05) is 14.7 Å². The number of rotatable bonds is 0. The average molecular weight is 252 g/mol. The van der Waals surface area contributed by atoms with Gasteiger partial charge in [-0.3, -0.25) is 0 Å². The van der Waals surface area contributed by atoms with Crippen LogP contribution in [-0.4, -0.2) is 0 Å². The zero-order chi connectivity index (χ0) is 9.42. The molecule has 0 aliphatic carbocycles. The molecule has 0 amide bonds. The lowest BCUT2D eigenvalue weighted by molar-refractivity contribution is 1.51. The molecule has 1 aromatic carbocycles. The standard InChI is InChI=1S/C10H6BrNS/c1-6-4-8-9(11)3-2-7(5-12)10(8)13-6/h2-4H,1H3. The fourth-order valence-corrected chi connectivity index (χ4v) is 2.88. The van der Waals surface area contributed by atoms with Crippen molar-refractivity contribution in [2.45, 2.75) is 6.92 Å². The van der Waals surface area contributed by atoms with Gasteiger partial charge in [0.25, 0.3) is 0 Å². The summed E-state index contributed by atoms with van der Waals surface area (Å²) in [5.74, 6) is 0. The monoisotopic (exact) mass is 251 g/mol. The molecule has 1 heterocycles. The molecule has 0 atom stereocenters. The van der Waals surface area contributed by atoms with Crippen LogP contribution < -0.4 is 0 Å². The minimum atomic E-state index is 0.760. The third kappa shape index (κ3) is 1.37. The predicted octanol–water partition coefficient (Wildman–Crippen LogP) is 3.84. The van der Waals surface area contributed by atoms with E-state index in [0.29, 0.717) is 0 Å². The number of thiophene rings is 1. The van der Waals surface area contributed by atoms with Crippen molar-refractivity contribution in [1.82, 2.24) is 0 Å². The molecule has 0 N–H and O–H groups in total. The molecule has 0 unspecified atom stereocenters. The number of nitriles is 1.